The minimum absolute atomic E-state index is 0.374. The van der Waals surface area contributed by atoms with E-state index < -0.39 is 0 Å². The van der Waals surface area contributed by atoms with Gasteiger partial charge in [-0.15, -0.1) is 0 Å². The molecule has 2 N–H and O–H groups in total. The fraction of sp³-hybridized carbons (Fsp3) is 0.900. The van der Waals surface area contributed by atoms with Gasteiger partial charge in [0, 0.05) is 19.4 Å². The Balaban J connectivity index is 1.79. The highest BCUT2D eigenvalue weighted by molar-refractivity contribution is 5.78. The van der Waals surface area contributed by atoms with E-state index in [2.05, 4.69) is 5.32 Å². The van der Waals surface area contributed by atoms with Crippen molar-refractivity contribution in [2.45, 2.75) is 38.1 Å². The summed E-state index contributed by atoms with van der Waals surface area (Å²) in [6.45, 7) is 3.26. The Bertz CT molecular complexity index is 187. The van der Waals surface area contributed by atoms with Crippen LogP contribution in [0.1, 0.15) is 32.1 Å². The molecule has 0 unspecified atom stereocenters. The van der Waals surface area contributed by atoms with E-state index in [4.69, 9.17) is 0 Å². The van der Waals surface area contributed by atoms with Gasteiger partial charge in [0.1, 0.15) is 6.04 Å². The molecule has 74 valence electrons. The van der Waals surface area contributed by atoms with Crippen molar-refractivity contribution >= 4 is 5.91 Å². The highest BCUT2D eigenvalue weighted by Crippen LogP contribution is 2.11. The monoisotopic (exact) mass is 183 g/mol. The van der Waals surface area contributed by atoms with Gasteiger partial charge in [0.2, 0.25) is 5.91 Å². The Morgan fingerprint density at radius 2 is 2.31 bits per heavy atom. The molecule has 1 atom stereocenters. The molecule has 2 aliphatic heterocycles. The SMILES string of the molecule is O=C1CCCN1C[C@@H]1CCCC[NH2+]1. The van der Waals surface area contributed by atoms with Gasteiger partial charge in [-0.1, -0.05) is 0 Å². The standard InChI is InChI=1S/C10H18N2O/c13-10-5-3-7-12(10)8-9-4-1-2-6-11-9/h9,11H,1-8H2/p+1/t9-/m0/s1. The number of quaternary nitrogens is 1. The number of piperidine rings is 1. The number of amides is 1. The smallest absolute Gasteiger partial charge is 0.222 e. The molecule has 0 bridgehead atoms. The van der Waals surface area contributed by atoms with Gasteiger partial charge in [-0.05, 0) is 19.3 Å². The Kier molecular flexibility index (Phi) is 2.83. The van der Waals surface area contributed by atoms with Crippen LogP contribution in [0, 0.1) is 0 Å². The molecule has 0 aromatic rings. The van der Waals surface area contributed by atoms with E-state index in [0.717, 1.165) is 25.9 Å². The second-order valence-corrected chi connectivity index (χ2v) is 4.22. The third-order valence-corrected chi connectivity index (χ3v) is 3.16. The minimum atomic E-state index is 0.374. The van der Waals surface area contributed by atoms with Crippen LogP contribution in [-0.4, -0.2) is 36.5 Å². The number of likely N-dealkylation sites (tertiary alicyclic amines) is 1. The predicted molar refractivity (Wildman–Crippen MR) is 50.2 cm³/mol. The molecule has 2 saturated heterocycles. The maximum absolute atomic E-state index is 11.4. The minimum Gasteiger partial charge on any atom is -0.342 e. The maximum Gasteiger partial charge on any atom is 0.222 e. The molecular weight excluding hydrogens is 164 g/mol. The van der Waals surface area contributed by atoms with Crippen molar-refractivity contribution in [2.24, 2.45) is 0 Å². The Hall–Kier alpha value is -0.570. The number of hydrogen-bond acceptors (Lipinski definition) is 1. The van der Waals surface area contributed by atoms with Gasteiger partial charge in [-0.3, -0.25) is 4.79 Å². The molecule has 0 radical (unpaired) electrons. The molecule has 0 aromatic carbocycles. The number of rotatable bonds is 2. The third kappa shape index (κ3) is 2.21. The van der Waals surface area contributed by atoms with Crippen LogP contribution in [0.25, 0.3) is 0 Å². The average Bonchev–Trinajstić information content (AvgIpc) is 2.54. The molecule has 1 amide bonds. The number of nitrogens with two attached hydrogens (primary N) is 1. The Morgan fingerprint density at radius 3 is 2.92 bits per heavy atom. The lowest BCUT2D eigenvalue weighted by Crippen LogP contribution is -2.92. The summed E-state index contributed by atoms with van der Waals surface area (Å²) in [5.41, 5.74) is 0. The first-order valence-corrected chi connectivity index (χ1v) is 5.47. The summed E-state index contributed by atoms with van der Waals surface area (Å²) >= 11 is 0. The quantitative estimate of drug-likeness (QED) is 0.628. The van der Waals surface area contributed by atoms with Gasteiger partial charge in [0.25, 0.3) is 0 Å². The van der Waals surface area contributed by atoms with Crippen molar-refractivity contribution in [3.63, 3.8) is 0 Å². The van der Waals surface area contributed by atoms with E-state index in [1.54, 1.807) is 0 Å². The van der Waals surface area contributed by atoms with E-state index in [-0.39, 0.29) is 0 Å². The normalized spacial score (nSPS) is 29.7. The van der Waals surface area contributed by atoms with Gasteiger partial charge < -0.3 is 10.2 Å². The van der Waals surface area contributed by atoms with E-state index in [1.165, 1.54) is 25.8 Å². The topological polar surface area (TPSA) is 36.9 Å². The van der Waals surface area contributed by atoms with Crippen molar-refractivity contribution in [2.75, 3.05) is 19.6 Å². The molecule has 0 saturated carbocycles. The largest absolute Gasteiger partial charge is 0.342 e. The van der Waals surface area contributed by atoms with Gasteiger partial charge in [-0.2, -0.15) is 0 Å². The van der Waals surface area contributed by atoms with E-state index in [0.29, 0.717) is 11.9 Å². The summed E-state index contributed by atoms with van der Waals surface area (Å²) in [6, 6.07) is 0.691. The summed E-state index contributed by atoms with van der Waals surface area (Å²) in [7, 11) is 0. The number of hydrogen-bond donors (Lipinski definition) is 1. The molecule has 0 spiro atoms. The molecule has 13 heavy (non-hydrogen) atoms. The third-order valence-electron chi connectivity index (χ3n) is 3.16. The highest BCUT2D eigenvalue weighted by Gasteiger charge is 2.25. The van der Waals surface area contributed by atoms with Crippen LogP contribution in [-0.2, 0) is 4.79 Å². The summed E-state index contributed by atoms with van der Waals surface area (Å²) in [5.74, 6) is 0.374. The first-order valence-electron chi connectivity index (χ1n) is 5.47. The number of carbonyl (C=O) groups excluding carboxylic acids is 1. The van der Waals surface area contributed by atoms with Crippen molar-refractivity contribution < 1.29 is 10.1 Å². The zero-order valence-electron chi connectivity index (χ0n) is 8.17. The van der Waals surface area contributed by atoms with Crippen LogP contribution in [0.2, 0.25) is 0 Å². The summed E-state index contributed by atoms with van der Waals surface area (Å²) in [6.07, 6.45) is 5.86. The lowest BCUT2D eigenvalue weighted by Gasteiger charge is -2.25. The number of nitrogens with zero attached hydrogens (tertiary/aromatic N) is 1. The van der Waals surface area contributed by atoms with E-state index in [9.17, 15) is 4.79 Å². The van der Waals surface area contributed by atoms with Crippen molar-refractivity contribution in [1.82, 2.24) is 4.90 Å². The van der Waals surface area contributed by atoms with Crippen LogP contribution in [0.4, 0.5) is 0 Å². The molecule has 2 rings (SSSR count). The van der Waals surface area contributed by atoms with Crippen LogP contribution in [0.5, 0.6) is 0 Å². The molecule has 3 heteroatoms. The van der Waals surface area contributed by atoms with E-state index in [1.807, 2.05) is 4.90 Å². The molecule has 3 nitrogen and oxygen atoms in total. The summed E-state index contributed by atoms with van der Waals surface area (Å²) in [4.78, 5) is 13.4. The van der Waals surface area contributed by atoms with Crippen molar-refractivity contribution in [3.8, 4) is 0 Å². The number of carbonyl (C=O) groups is 1. The predicted octanol–water partition coefficient (Wildman–Crippen LogP) is -0.275. The van der Waals surface area contributed by atoms with Crippen LogP contribution in [0.3, 0.4) is 0 Å². The lowest BCUT2D eigenvalue weighted by atomic mass is 10.0. The summed E-state index contributed by atoms with van der Waals surface area (Å²) < 4.78 is 0. The second kappa shape index (κ2) is 4.09. The average molecular weight is 183 g/mol. The molecule has 0 aliphatic carbocycles. The molecule has 2 fully saturated rings. The zero-order chi connectivity index (χ0) is 9.10. The van der Waals surface area contributed by atoms with Crippen molar-refractivity contribution in [3.05, 3.63) is 0 Å². The van der Waals surface area contributed by atoms with Crippen LogP contribution in [0.15, 0.2) is 0 Å². The van der Waals surface area contributed by atoms with Gasteiger partial charge >= 0.3 is 0 Å². The zero-order valence-corrected chi connectivity index (χ0v) is 8.17. The molecular formula is C10H19N2O+. The Morgan fingerprint density at radius 1 is 1.38 bits per heavy atom. The van der Waals surface area contributed by atoms with Gasteiger partial charge in [0.05, 0.1) is 13.1 Å². The highest BCUT2D eigenvalue weighted by atomic mass is 16.2. The lowest BCUT2D eigenvalue weighted by molar-refractivity contribution is -0.696. The van der Waals surface area contributed by atoms with Gasteiger partial charge in [-0.25, -0.2) is 0 Å². The molecule has 0 aromatic heterocycles. The van der Waals surface area contributed by atoms with Gasteiger partial charge in [0.15, 0.2) is 0 Å². The maximum atomic E-state index is 11.4. The van der Waals surface area contributed by atoms with E-state index >= 15 is 0 Å². The first-order chi connectivity index (χ1) is 6.36. The molecule has 2 aliphatic rings. The fourth-order valence-corrected chi connectivity index (χ4v) is 2.37. The Labute approximate surface area is 79.5 Å². The van der Waals surface area contributed by atoms with Crippen LogP contribution >= 0.6 is 0 Å². The van der Waals surface area contributed by atoms with Crippen molar-refractivity contribution in [1.29, 1.82) is 0 Å². The van der Waals surface area contributed by atoms with Crippen LogP contribution < -0.4 is 5.32 Å². The second-order valence-electron chi connectivity index (χ2n) is 4.22. The first kappa shape index (κ1) is 9.00. The summed E-state index contributed by atoms with van der Waals surface area (Å²) in [5, 5.41) is 2.41. The molecule has 2 heterocycles. The fourth-order valence-electron chi connectivity index (χ4n) is 2.37.